The van der Waals surface area contributed by atoms with E-state index in [0.717, 1.165) is 11.1 Å². The Labute approximate surface area is 131 Å². The van der Waals surface area contributed by atoms with E-state index in [9.17, 15) is 8.78 Å². The maximum Gasteiger partial charge on any atom is 0.146 e. The van der Waals surface area contributed by atoms with Crippen LogP contribution in [0.25, 0.3) is 0 Å². The molecule has 0 aliphatic heterocycles. The van der Waals surface area contributed by atoms with Gasteiger partial charge in [-0.05, 0) is 59.1 Å². The van der Waals surface area contributed by atoms with Gasteiger partial charge in [0, 0.05) is 6.04 Å². The standard InChI is InChI=1S/C16H16BrF2NO/c1-9-7-11(10(2)20)3-6-15(9)21-8-12-14(18)5-4-13(17)16(12)19/h3-7,10H,8,20H2,1-2H3. The molecule has 0 spiro atoms. The van der Waals surface area contributed by atoms with Crippen molar-refractivity contribution in [2.45, 2.75) is 26.5 Å². The second kappa shape index (κ2) is 6.54. The number of hydrogen-bond acceptors (Lipinski definition) is 2. The zero-order valence-corrected chi connectivity index (χ0v) is 13.4. The van der Waals surface area contributed by atoms with Gasteiger partial charge in [0.2, 0.25) is 0 Å². The first-order valence-electron chi connectivity index (χ1n) is 6.51. The Bertz CT molecular complexity index is 659. The van der Waals surface area contributed by atoms with Gasteiger partial charge in [-0.25, -0.2) is 8.78 Å². The van der Waals surface area contributed by atoms with Gasteiger partial charge in [0.25, 0.3) is 0 Å². The summed E-state index contributed by atoms with van der Waals surface area (Å²) in [5.74, 6) is -0.682. The maximum absolute atomic E-state index is 13.9. The van der Waals surface area contributed by atoms with Gasteiger partial charge < -0.3 is 10.5 Å². The van der Waals surface area contributed by atoms with Crippen LogP contribution in [0.5, 0.6) is 5.75 Å². The lowest BCUT2D eigenvalue weighted by Crippen LogP contribution is -2.06. The number of hydrogen-bond donors (Lipinski definition) is 1. The normalized spacial score (nSPS) is 12.3. The summed E-state index contributed by atoms with van der Waals surface area (Å²) in [7, 11) is 0. The van der Waals surface area contributed by atoms with Crippen LogP contribution in [0.2, 0.25) is 0 Å². The van der Waals surface area contributed by atoms with Crippen molar-refractivity contribution in [3.8, 4) is 5.75 Å². The summed E-state index contributed by atoms with van der Waals surface area (Å²) in [5, 5.41) is 0. The topological polar surface area (TPSA) is 35.2 Å². The van der Waals surface area contributed by atoms with Gasteiger partial charge in [-0.15, -0.1) is 0 Å². The van der Waals surface area contributed by atoms with Crippen molar-refractivity contribution in [1.29, 1.82) is 0 Å². The largest absolute Gasteiger partial charge is 0.488 e. The minimum absolute atomic E-state index is 0.0716. The summed E-state index contributed by atoms with van der Waals surface area (Å²) in [4.78, 5) is 0. The first kappa shape index (κ1) is 15.9. The maximum atomic E-state index is 13.9. The molecule has 0 amide bonds. The SMILES string of the molecule is Cc1cc(C(C)N)ccc1OCc1c(F)ccc(Br)c1F. The lowest BCUT2D eigenvalue weighted by molar-refractivity contribution is 0.290. The van der Waals surface area contributed by atoms with E-state index < -0.39 is 11.6 Å². The molecule has 2 nitrogen and oxygen atoms in total. The Hall–Kier alpha value is -1.46. The molecule has 0 aliphatic rings. The molecule has 2 aromatic carbocycles. The molecule has 0 heterocycles. The second-order valence-electron chi connectivity index (χ2n) is 4.92. The van der Waals surface area contributed by atoms with E-state index in [4.69, 9.17) is 10.5 Å². The van der Waals surface area contributed by atoms with Crippen LogP contribution in [0.3, 0.4) is 0 Å². The van der Waals surface area contributed by atoms with E-state index in [1.54, 1.807) is 6.07 Å². The van der Waals surface area contributed by atoms with Crippen LogP contribution in [0.1, 0.15) is 29.7 Å². The smallest absolute Gasteiger partial charge is 0.146 e. The Kier molecular flexibility index (Phi) is 4.96. The minimum atomic E-state index is -0.639. The van der Waals surface area contributed by atoms with Crippen LogP contribution in [0, 0.1) is 18.6 Å². The van der Waals surface area contributed by atoms with E-state index >= 15 is 0 Å². The van der Waals surface area contributed by atoms with Crippen molar-refractivity contribution in [2.24, 2.45) is 5.73 Å². The van der Waals surface area contributed by atoms with Crippen molar-refractivity contribution in [3.05, 3.63) is 63.1 Å². The van der Waals surface area contributed by atoms with Crippen LogP contribution in [0.4, 0.5) is 8.78 Å². The number of benzene rings is 2. The van der Waals surface area contributed by atoms with Crippen LogP contribution in [-0.4, -0.2) is 0 Å². The van der Waals surface area contributed by atoms with Gasteiger partial charge in [0.1, 0.15) is 24.0 Å². The Morgan fingerprint density at radius 1 is 1.24 bits per heavy atom. The molecular formula is C16H16BrF2NO. The number of nitrogens with two attached hydrogens (primary N) is 1. The predicted octanol–water partition coefficient (Wildman–Crippen LogP) is 4.63. The van der Waals surface area contributed by atoms with Crippen molar-refractivity contribution in [1.82, 2.24) is 0 Å². The molecule has 0 fully saturated rings. The molecule has 0 aromatic heterocycles. The molecule has 0 saturated carbocycles. The fraction of sp³-hybridized carbons (Fsp3) is 0.250. The third-order valence-electron chi connectivity index (χ3n) is 3.24. The van der Waals surface area contributed by atoms with Gasteiger partial charge in [-0.2, -0.15) is 0 Å². The lowest BCUT2D eigenvalue weighted by atomic mass is 10.1. The number of rotatable bonds is 4. The summed E-state index contributed by atoms with van der Waals surface area (Å²) in [6.45, 7) is 3.59. The Morgan fingerprint density at radius 3 is 2.57 bits per heavy atom. The Morgan fingerprint density at radius 2 is 1.95 bits per heavy atom. The molecule has 2 aromatic rings. The summed E-state index contributed by atoms with van der Waals surface area (Å²) in [6, 6.07) is 7.99. The highest BCUT2D eigenvalue weighted by atomic mass is 79.9. The van der Waals surface area contributed by atoms with Crippen molar-refractivity contribution in [2.75, 3.05) is 0 Å². The Balaban J connectivity index is 2.19. The molecule has 0 saturated heterocycles. The first-order chi connectivity index (χ1) is 9.90. The molecule has 2 rings (SSSR count). The van der Waals surface area contributed by atoms with E-state index in [2.05, 4.69) is 15.9 Å². The average molecular weight is 356 g/mol. The molecule has 2 N–H and O–H groups in total. The van der Waals surface area contributed by atoms with Gasteiger partial charge in [-0.3, -0.25) is 0 Å². The molecule has 5 heteroatoms. The highest BCUT2D eigenvalue weighted by molar-refractivity contribution is 9.10. The number of halogens is 3. The van der Waals surface area contributed by atoms with Gasteiger partial charge in [-0.1, -0.05) is 12.1 Å². The zero-order valence-electron chi connectivity index (χ0n) is 11.8. The molecule has 0 bridgehead atoms. The molecule has 112 valence electrons. The van der Waals surface area contributed by atoms with E-state index in [1.807, 2.05) is 26.0 Å². The highest BCUT2D eigenvalue weighted by Gasteiger charge is 2.13. The van der Waals surface area contributed by atoms with E-state index in [0.29, 0.717) is 5.75 Å². The molecular weight excluding hydrogens is 340 g/mol. The molecule has 0 radical (unpaired) electrons. The molecule has 1 unspecified atom stereocenters. The number of ether oxygens (including phenoxy) is 1. The van der Waals surface area contributed by atoms with Gasteiger partial charge in [0.05, 0.1) is 10.0 Å². The van der Waals surface area contributed by atoms with Crippen molar-refractivity contribution < 1.29 is 13.5 Å². The average Bonchev–Trinajstić information content (AvgIpc) is 2.44. The summed E-state index contributed by atoms with van der Waals surface area (Å²) in [6.07, 6.45) is 0. The fourth-order valence-electron chi connectivity index (χ4n) is 1.97. The van der Waals surface area contributed by atoms with Crippen LogP contribution < -0.4 is 10.5 Å². The molecule has 1 atom stereocenters. The van der Waals surface area contributed by atoms with Crippen LogP contribution in [0.15, 0.2) is 34.8 Å². The summed E-state index contributed by atoms with van der Waals surface area (Å²) < 4.78 is 33.2. The summed E-state index contributed by atoms with van der Waals surface area (Å²) in [5.41, 5.74) is 7.57. The van der Waals surface area contributed by atoms with Gasteiger partial charge >= 0.3 is 0 Å². The second-order valence-corrected chi connectivity index (χ2v) is 5.78. The minimum Gasteiger partial charge on any atom is -0.488 e. The number of aryl methyl sites for hydroxylation is 1. The molecule has 21 heavy (non-hydrogen) atoms. The van der Waals surface area contributed by atoms with Crippen molar-refractivity contribution >= 4 is 15.9 Å². The van der Waals surface area contributed by atoms with Crippen molar-refractivity contribution in [3.63, 3.8) is 0 Å². The third kappa shape index (κ3) is 3.60. The van der Waals surface area contributed by atoms with E-state index in [1.165, 1.54) is 12.1 Å². The monoisotopic (exact) mass is 355 g/mol. The fourth-order valence-corrected chi connectivity index (χ4v) is 2.34. The molecule has 0 aliphatic carbocycles. The lowest BCUT2D eigenvalue weighted by Gasteiger charge is -2.13. The first-order valence-corrected chi connectivity index (χ1v) is 7.30. The quantitative estimate of drug-likeness (QED) is 0.811. The highest BCUT2D eigenvalue weighted by Crippen LogP contribution is 2.26. The zero-order chi connectivity index (χ0) is 15.6. The third-order valence-corrected chi connectivity index (χ3v) is 3.85. The van der Waals surface area contributed by atoms with Crippen LogP contribution >= 0.6 is 15.9 Å². The van der Waals surface area contributed by atoms with E-state index in [-0.39, 0.29) is 22.7 Å². The van der Waals surface area contributed by atoms with Gasteiger partial charge in [0.15, 0.2) is 0 Å². The predicted molar refractivity (Wildman–Crippen MR) is 82.2 cm³/mol. The summed E-state index contributed by atoms with van der Waals surface area (Å²) >= 11 is 3.04. The van der Waals surface area contributed by atoms with Crippen LogP contribution in [-0.2, 0) is 6.61 Å².